The van der Waals surface area contributed by atoms with Crippen molar-refractivity contribution in [3.05, 3.63) is 6.92 Å². The fourth-order valence-electron chi connectivity index (χ4n) is 2.80. The Bertz CT molecular complexity index is 117. The molecule has 3 atom stereocenters. The molecule has 0 nitrogen and oxygen atoms in total. The molecule has 1 radical (unpaired) electrons. The molecule has 2 aliphatic rings. The van der Waals surface area contributed by atoms with E-state index in [1.54, 1.807) is 0 Å². The van der Waals surface area contributed by atoms with Gasteiger partial charge in [0.05, 0.1) is 0 Å². The van der Waals surface area contributed by atoms with Crippen LogP contribution in [0.25, 0.3) is 0 Å². The molecule has 2 fully saturated rings. The fraction of sp³-hybridized carbons (Fsp3) is 0.900. The standard InChI is InChI=1S/C10H17/c1-8-5-6-9-3-2-4-10(9)7-8/h8-10H,1-7H2. The predicted molar refractivity (Wildman–Crippen MR) is 43.5 cm³/mol. The highest BCUT2D eigenvalue weighted by atomic mass is 14.4. The van der Waals surface area contributed by atoms with Crippen molar-refractivity contribution < 1.29 is 0 Å². The van der Waals surface area contributed by atoms with Crippen molar-refractivity contribution in [1.29, 1.82) is 0 Å². The van der Waals surface area contributed by atoms with Gasteiger partial charge in [0.1, 0.15) is 0 Å². The van der Waals surface area contributed by atoms with Crippen molar-refractivity contribution in [2.75, 3.05) is 0 Å². The number of fused-ring (bicyclic) bond motifs is 1. The topological polar surface area (TPSA) is 0 Å². The van der Waals surface area contributed by atoms with E-state index in [-0.39, 0.29) is 0 Å². The van der Waals surface area contributed by atoms with E-state index in [1.165, 1.54) is 38.5 Å². The summed E-state index contributed by atoms with van der Waals surface area (Å²) in [5.74, 6) is 2.98. The van der Waals surface area contributed by atoms with Crippen molar-refractivity contribution in [3.63, 3.8) is 0 Å². The summed E-state index contributed by atoms with van der Waals surface area (Å²) >= 11 is 0. The summed E-state index contributed by atoms with van der Waals surface area (Å²) in [5.41, 5.74) is 0. The molecule has 0 saturated heterocycles. The first-order chi connectivity index (χ1) is 4.86. The van der Waals surface area contributed by atoms with E-state index in [0.717, 1.165) is 17.8 Å². The van der Waals surface area contributed by atoms with Gasteiger partial charge in [-0.3, -0.25) is 0 Å². The lowest BCUT2D eigenvalue weighted by molar-refractivity contribution is 0.235. The Kier molecular flexibility index (Phi) is 1.71. The van der Waals surface area contributed by atoms with Crippen LogP contribution in [-0.4, -0.2) is 0 Å². The Morgan fingerprint density at radius 1 is 0.900 bits per heavy atom. The molecule has 2 saturated carbocycles. The number of rotatable bonds is 0. The summed E-state index contributed by atoms with van der Waals surface area (Å²) in [6, 6.07) is 0. The third kappa shape index (κ3) is 1.09. The van der Waals surface area contributed by atoms with Gasteiger partial charge in [-0.25, -0.2) is 0 Å². The number of hydrogen-bond donors (Lipinski definition) is 0. The molecule has 57 valence electrons. The molecule has 0 aromatic rings. The van der Waals surface area contributed by atoms with Gasteiger partial charge in [0.25, 0.3) is 0 Å². The lowest BCUT2D eigenvalue weighted by Crippen LogP contribution is -2.18. The van der Waals surface area contributed by atoms with E-state index in [2.05, 4.69) is 6.92 Å². The van der Waals surface area contributed by atoms with E-state index in [9.17, 15) is 0 Å². The van der Waals surface area contributed by atoms with Gasteiger partial charge >= 0.3 is 0 Å². The molecule has 0 heteroatoms. The minimum atomic E-state index is 0.791. The van der Waals surface area contributed by atoms with Crippen molar-refractivity contribution in [2.24, 2.45) is 17.8 Å². The molecular formula is C10H17. The van der Waals surface area contributed by atoms with E-state index < -0.39 is 0 Å². The summed E-state index contributed by atoms with van der Waals surface area (Å²) in [5, 5.41) is 0. The van der Waals surface area contributed by atoms with E-state index >= 15 is 0 Å². The van der Waals surface area contributed by atoms with Crippen molar-refractivity contribution in [2.45, 2.75) is 38.5 Å². The minimum absolute atomic E-state index is 0.791. The highest BCUT2D eigenvalue weighted by Crippen LogP contribution is 2.43. The minimum Gasteiger partial charge on any atom is -0.0528 e. The Morgan fingerprint density at radius 2 is 1.70 bits per heavy atom. The second-order valence-corrected chi connectivity index (χ2v) is 4.13. The third-order valence-electron chi connectivity index (χ3n) is 3.40. The predicted octanol–water partition coefficient (Wildman–Crippen LogP) is 3.04. The van der Waals surface area contributed by atoms with Crippen LogP contribution in [0.15, 0.2) is 0 Å². The van der Waals surface area contributed by atoms with Crippen LogP contribution >= 0.6 is 0 Å². The monoisotopic (exact) mass is 137 g/mol. The molecule has 3 unspecified atom stereocenters. The molecule has 0 aliphatic heterocycles. The van der Waals surface area contributed by atoms with E-state index in [4.69, 9.17) is 0 Å². The zero-order chi connectivity index (χ0) is 6.97. The van der Waals surface area contributed by atoms with Gasteiger partial charge in [-0.05, 0) is 30.6 Å². The summed E-state index contributed by atoms with van der Waals surface area (Å²) in [6.07, 6.45) is 8.86. The average Bonchev–Trinajstić information content (AvgIpc) is 2.33. The molecule has 0 heterocycles. The Balaban J connectivity index is 1.96. The van der Waals surface area contributed by atoms with Gasteiger partial charge in [-0.1, -0.05) is 32.6 Å². The Morgan fingerprint density at radius 3 is 2.60 bits per heavy atom. The molecule has 0 N–H and O–H groups in total. The average molecular weight is 137 g/mol. The summed E-state index contributed by atoms with van der Waals surface area (Å²) in [4.78, 5) is 0. The summed E-state index contributed by atoms with van der Waals surface area (Å²) in [6.45, 7) is 4.16. The highest BCUT2D eigenvalue weighted by Gasteiger charge is 2.31. The SMILES string of the molecule is [CH2]C1CCC2CCCC2C1. The molecule has 0 aromatic heterocycles. The second-order valence-electron chi connectivity index (χ2n) is 4.13. The zero-order valence-corrected chi connectivity index (χ0v) is 6.68. The first-order valence-electron chi connectivity index (χ1n) is 4.69. The summed E-state index contributed by atoms with van der Waals surface area (Å²) in [7, 11) is 0. The Labute approximate surface area is 64.0 Å². The van der Waals surface area contributed by atoms with E-state index in [1.807, 2.05) is 0 Å². The summed E-state index contributed by atoms with van der Waals surface area (Å²) < 4.78 is 0. The van der Waals surface area contributed by atoms with Crippen LogP contribution < -0.4 is 0 Å². The molecule has 0 bridgehead atoms. The van der Waals surface area contributed by atoms with Crippen LogP contribution in [0.3, 0.4) is 0 Å². The molecule has 0 spiro atoms. The maximum Gasteiger partial charge on any atom is -0.0383 e. The van der Waals surface area contributed by atoms with Crippen LogP contribution in [0.1, 0.15) is 38.5 Å². The van der Waals surface area contributed by atoms with Crippen LogP contribution in [0.4, 0.5) is 0 Å². The van der Waals surface area contributed by atoms with Gasteiger partial charge in [-0.2, -0.15) is 0 Å². The molecule has 0 amide bonds. The third-order valence-corrected chi connectivity index (χ3v) is 3.40. The molecule has 2 aliphatic carbocycles. The van der Waals surface area contributed by atoms with E-state index in [0.29, 0.717) is 0 Å². The lowest BCUT2D eigenvalue weighted by atomic mass is 9.77. The van der Waals surface area contributed by atoms with Gasteiger partial charge < -0.3 is 0 Å². The maximum atomic E-state index is 4.16. The molecule has 2 rings (SSSR count). The van der Waals surface area contributed by atoms with Crippen molar-refractivity contribution >= 4 is 0 Å². The Hall–Kier alpha value is 0. The van der Waals surface area contributed by atoms with Crippen LogP contribution in [0, 0.1) is 24.7 Å². The van der Waals surface area contributed by atoms with Gasteiger partial charge in [0, 0.05) is 0 Å². The smallest absolute Gasteiger partial charge is 0.0383 e. The first kappa shape index (κ1) is 6.69. The van der Waals surface area contributed by atoms with Gasteiger partial charge in [0.15, 0.2) is 0 Å². The normalized spacial score (nSPS) is 47.1. The fourth-order valence-corrected chi connectivity index (χ4v) is 2.80. The van der Waals surface area contributed by atoms with Gasteiger partial charge in [0.2, 0.25) is 0 Å². The van der Waals surface area contributed by atoms with Crippen LogP contribution in [0.2, 0.25) is 0 Å². The van der Waals surface area contributed by atoms with Gasteiger partial charge in [-0.15, -0.1) is 0 Å². The maximum absolute atomic E-state index is 4.16. The van der Waals surface area contributed by atoms with Crippen LogP contribution in [0.5, 0.6) is 0 Å². The quantitative estimate of drug-likeness (QED) is 0.481. The number of hydrogen-bond acceptors (Lipinski definition) is 0. The van der Waals surface area contributed by atoms with Crippen molar-refractivity contribution in [3.8, 4) is 0 Å². The first-order valence-corrected chi connectivity index (χ1v) is 4.69. The van der Waals surface area contributed by atoms with Crippen LogP contribution in [-0.2, 0) is 0 Å². The zero-order valence-electron chi connectivity index (χ0n) is 6.68. The lowest BCUT2D eigenvalue weighted by Gasteiger charge is -2.29. The van der Waals surface area contributed by atoms with Crippen molar-refractivity contribution in [1.82, 2.24) is 0 Å². The second kappa shape index (κ2) is 2.56. The molecule has 0 aromatic carbocycles. The largest absolute Gasteiger partial charge is 0.0528 e. The molecule has 10 heavy (non-hydrogen) atoms. The molecular weight excluding hydrogens is 120 g/mol. The highest BCUT2D eigenvalue weighted by molar-refractivity contribution is 4.85.